The predicted octanol–water partition coefficient (Wildman–Crippen LogP) is 8.26. The molecular formula is C21H16BrCl4NO2. The fourth-order valence-corrected chi connectivity index (χ4v) is 3.88. The lowest BCUT2D eigenvalue weighted by Gasteiger charge is -2.16. The average molecular weight is 536 g/mol. The van der Waals surface area contributed by atoms with Crippen molar-refractivity contribution in [3.63, 3.8) is 0 Å². The molecule has 0 atom stereocenters. The first kappa shape index (κ1) is 22.4. The lowest BCUT2D eigenvalue weighted by atomic mass is 10.2. The average Bonchev–Trinajstić information content (AvgIpc) is 2.69. The summed E-state index contributed by atoms with van der Waals surface area (Å²) in [6, 6.07) is 14.5. The van der Waals surface area contributed by atoms with Crippen molar-refractivity contribution in [1.82, 2.24) is 0 Å². The second-order valence-corrected chi connectivity index (χ2v) is 8.55. The van der Waals surface area contributed by atoms with Gasteiger partial charge in [-0.05, 0) is 48.0 Å². The van der Waals surface area contributed by atoms with E-state index in [1.807, 2.05) is 18.2 Å². The third kappa shape index (κ3) is 5.65. The Balaban J connectivity index is 1.75. The zero-order valence-corrected chi connectivity index (χ0v) is 19.8. The summed E-state index contributed by atoms with van der Waals surface area (Å²) >= 11 is 28.0. The van der Waals surface area contributed by atoms with Crippen molar-refractivity contribution in [1.29, 1.82) is 0 Å². The standard InChI is InChI=1S/C21H16BrCl4NO2/c1-28-20-7-12(10-27-13-5-6-18(25)19(26)8-13)15(22)9-21(20)29-11-14-16(23)3-2-4-17(14)24/h2-9,27H,10-11H2,1H3. The maximum atomic E-state index is 6.22. The Morgan fingerprint density at radius 2 is 1.59 bits per heavy atom. The van der Waals surface area contributed by atoms with Crippen LogP contribution in [0.5, 0.6) is 11.5 Å². The zero-order chi connectivity index (χ0) is 21.0. The number of hydrogen-bond donors (Lipinski definition) is 1. The van der Waals surface area contributed by atoms with E-state index in [1.54, 1.807) is 37.4 Å². The summed E-state index contributed by atoms with van der Waals surface area (Å²) < 4.78 is 12.3. The molecule has 3 nitrogen and oxygen atoms in total. The Hall–Kier alpha value is -1.30. The minimum Gasteiger partial charge on any atom is -0.493 e. The number of nitrogens with one attached hydrogen (secondary N) is 1. The van der Waals surface area contributed by atoms with Gasteiger partial charge in [0.05, 0.1) is 17.2 Å². The van der Waals surface area contributed by atoms with E-state index in [1.165, 1.54) is 0 Å². The summed E-state index contributed by atoms with van der Waals surface area (Å²) in [5.41, 5.74) is 2.56. The molecule has 0 bridgehead atoms. The number of benzene rings is 3. The first-order valence-electron chi connectivity index (χ1n) is 8.50. The first-order valence-corrected chi connectivity index (χ1v) is 10.8. The van der Waals surface area contributed by atoms with Crippen molar-refractivity contribution >= 4 is 68.0 Å². The number of anilines is 1. The predicted molar refractivity (Wildman–Crippen MR) is 125 cm³/mol. The Bertz CT molecular complexity index is 1010. The van der Waals surface area contributed by atoms with Gasteiger partial charge in [-0.25, -0.2) is 0 Å². The van der Waals surface area contributed by atoms with Gasteiger partial charge in [-0.2, -0.15) is 0 Å². The second kappa shape index (κ2) is 10.1. The van der Waals surface area contributed by atoms with E-state index >= 15 is 0 Å². The van der Waals surface area contributed by atoms with E-state index in [2.05, 4.69) is 21.2 Å². The molecule has 0 unspecified atom stereocenters. The highest BCUT2D eigenvalue weighted by Gasteiger charge is 2.13. The Morgan fingerprint density at radius 3 is 2.24 bits per heavy atom. The highest BCUT2D eigenvalue weighted by Crippen LogP contribution is 2.36. The molecule has 29 heavy (non-hydrogen) atoms. The summed E-state index contributed by atoms with van der Waals surface area (Å²) in [5.74, 6) is 1.18. The number of rotatable bonds is 7. The van der Waals surface area contributed by atoms with Crippen molar-refractivity contribution in [3.05, 3.63) is 84.2 Å². The van der Waals surface area contributed by atoms with Gasteiger partial charge in [-0.15, -0.1) is 0 Å². The molecule has 0 aromatic heterocycles. The lowest BCUT2D eigenvalue weighted by molar-refractivity contribution is 0.284. The summed E-state index contributed by atoms with van der Waals surface area (Å²) in [6.07, 6.45) is 0. The van der Waals surface area contributed by atoms with Gasteiger partial charge in [-0.1, -0.05) is 68.4 Å². The van der Waals surface area contributed by atoms with Gasteiger partial charge in [0.2, 0.25) is 0 Å². The van der Waals surface area contributed by atoms with Crippen LogP contribution >= 0.6 is 62.3 Å². The molecule has 0 spiro atoms. The van der Waals surface area contributed by atoms with Crippen LogP contribution in [-0.2, 0) is 13.2 Å². The van der Waals surface area contributed by atoms with Crippen LogP contribution in [0.25, 0.3) is 0 Å². The fraction of sp³-hybridized carbons (Fsp3) is 0.143. The van der Waals surface area contributed by atoms with E-state index in [0.29, 0.717) is 38.1 Å². The van der Waals surface area contributed by atoms with Crippen LogP contribution < -0.4 is 14.8 Å². The maximum absolute atomic E-state index is 6.22. The van der Waals surface area contributed by atoms with Crippen molar-refractivity contribution in [2.24, 2.45) is 0 Å². The molecule has 0 aliphatic rings. The number of methoxy groups -OCH3 is 1. The first-order chi connectivity index (χ1) is 13.9. The van der Waals surface area contributed by atoms with Crippen molar-refractivity contribution in [2.45, 2.75) is 13.2 Å². The molecule has 0 saturated heterocycles. The van der Waals surface area contributed by atoms with Gasteiger partial charge >= 0.3 is 0 Å². The molecule has 0 heterocycles. The zero-order valence-electron chi connectivity index (χ0n) is 15.2. The molecule has 0 fully saturated rings. The maximum Gasteiger partial charge on any atom is 0.162 e. The molecule has 3 aromatic carbocycles. The third-order valence-corrected chi connectivity index (χ3v) is 6.35. The van der Waals surface area contributed by atoms with Gasteiger partial charge in [0.1, 0.15) is 6.61 Å². The minimum absolute atomic E-state index is 0.224. The van der Waals surface area contributed by atoms with Crippen molar-refractivity contribution in [3.8, 4) is 11.5 Å². The van der Waals surface area contributed by atoms with Crippen LogP contribution in [0, 0.1) is 0 Å². The van der Waals surface area contributed by atoms with Gasteiger partial charge in [-0.3, -0.25) is 0 Å². The summed E-state index contributed by atoms with van der Waals surface area (Å²) in [4.78, 5) is 0. The van der Waals surface area contributed by atoms with Crippen LogP contribution in [0.4, 0.5) is 5.69 Å². The number of ether oxygens (including phenoxy) is 2. The third-order valence-electron chi connectivity index (χ3n) is 4.17. The molecule has 152 valence electrons. The topological polar surface area (TPSA) is 30.5 Å². The molecule has 0 radical (unpaired) electrons. The Labute approximate surface area is 197 Å². The molecule has 3 aromatic rings. The molecule has 3 rings (SSSR count). The Morgan fingerprint density at radius 1 is 0.862 bits per heavy atom. The molecular weight excluding hydrogens is 520 g/mol. The molecule has 0 aliphatic heterocycles. The lowest BCUT2D eigenvalue weighted by Crippen LogP contribution is -2.03. The summed E-state index contributed by atoms with van der Waals surface area (Å²) in [6.45, 7) is 0.772. The van der Waals surface area contributed by atoms with Crippen LogP contribution in [0.15, 0.2) is 53.0 Å². The van der Waals surface area contributed by atoms with E-state index in [-0.39, 0.29) is 6.61 Å². The van der Waals surface area contributed by atoms with E-state index < -0.39 is 0 Å². The van der Waals surface area contributed by atoms with Crippen molar-refractivity contribution < 1.29 is 9.47 Å². The largest absolute Gasteiger partial charge is 0.493 e. The molecule has 8 heteroatoms. The minimum atomic E-state index is 0.224. The quantitative estimate of drug-likeness (QED) is 0.330. The molecule has 1 N–H and O–H groups in total. The smallest absolute Gasteiger partial charge is 0.162 e. The van der Waals surface area contributed by atoms with Crippen LogP contribution in [-0.4, -0.2) is 7.11 Å². The highest BCUT2D eigenvalue weighted by molar-refractivity contribution is 9.10. The van der Waals surface area contributed by atoms with E-state index in [4.69, 9.17) is 55.9 Å². The number of hydrogen-bond acceptors (Lipinski definition) is 3. The summed E-state index contributed by atoms with van der Waals surface area (Å²) in [7, 11) is 1.59. The molecule has 0 aliphatic carbocycles. The monoisotopic (exact) mass is 533 g/mol. The highest BCUT2D eigenvalue weighted by atomic mass is 79.9. The second-order valence-electron chi connectivity index (χ2n) is 6.07. The van der Waals surface area contributed by atoms with Gasteiger partial charge in [0.15, 0.2) is 11.5 Å². The van der Waals surface area contributed by atoms with Crippen LogP contribution in [0.1, 0.15) is 11.1 Å². The van der Waals surface area contributed by atoms with Crippen LogP contribution in [0.3, 0.4) is 0 Å². The fourth-order valence-electron chi connectivity index (χ4n) is 2.61. The van der Waals surface area contributed by atoms with Gasteiger partial charge < -0.3 is 14.8 Å². The van der Waals surface area contributed by atoms with Gasteiger partial charge in [0, 0.05) is 32.3 Å². The molecule has 0 amide bonds. The SMILES string of the molecule is COc1cc(CNc2ccc(Cl)c(Cl)c2)c(Br)cc1OCc1c(Cl)cccc1Cl. The Kier molecular flexibility index (Phi) is 7.83. The molecule has 0 saturated carbocycles. The normalized spacial score (nSPS) is 10.7. The van der Waals surface area contributed by atoms with Gasteiger partial charge in [0.25, 0.3) is 0 Å². The van der Waals surface area contributed by atoms with Crippen molar-refractivity contribution in [2.75, 3.05) is 12.4 Å². The van der Waals surface area contributed by atoms with E-state index in [0.717, 1.165) is 21.3 Å². The number of halogens is 5. The van der Waals surface area contributed by atoms with E-state index in [9.17, 15) is 0 Å². The van der Waals surface area contributed by atoms with Crippen LogP contribution in [0.2, 0.25) is 20.1 Å². The summed E-state index contributed by atoms with van der Waals surface area (Å²) in [5, 5.41) is 5.43.